The molecule has 10 nitrogen and oxygen atoms in total. The molecule has 4 N–H and O–H groups in total. The highest BCUT2D eigenvalue weighted by Gasteiger charge is 2.42. The molecule has 1 aromatic rings. The number of carboxylic acid groups (broad SMARTS) is 2. The van der Waals surface area contributed by atoms with Crippen molar-refractivity contribution in [1.29, 1.82) is 0 Å². The Balaban J connectivity index is 2.80. The van der Waals surface area contributed by atoms with E-state index in [0.29, 0.717) is 5.69 Å². The van der Waals surface area contributed by atoms with E-state index in [-0.39, 0.29) is 18.7 Å². The van der Waals surface area contributed by atoms with Crippen molar-refractivity contribution in [2.24, 2.45) is 5.92 Å². The minimum Gasteiger partial charge on any atom is -0.481 e. The van der Waals surface area contributed by atoms with Crippen LogP contribution >= 0.6 is 8.03 Å². The zero-order valence-electron chi connectivity index (χ0n) is 12.4. The summed E-state index contributed by atoms with van der Waals surface area (Å²) in [5.74, 6) is -3.86. The number of nitro groups is 1. The SMILES string of the molecule is O=C(O)CCC(C(=O)O)C(CNc1ccc([N+](=O)[O-])cc1)[P+](=O)O. The second-order valence-corrected chi connectivity index (χ2v) is 6.20. The van der Waals surface area contributed by atoms with E-state index >= 15 is 0 Å². The molecule has 0 aliphatic heterocycles. The number of carbonyl (C=O) groups is 2. The van der Waals surface area contributed by atoms with Crippen molar-refractivity contribution in [2.75, 3.05) is 11.9 Å². The number of rotatable bonds is 10. The average molecular weight is 359 g/mol. The van der Waals surface area contributed by atoms with Crippen molar-refractivity contribution in [1.82, 2.24) is 0 Å². The zero-order chi connectivity index (χ0) is 18.3. The van der Waals surface area contributed by atoms with Crippen LogP contribution in [0, 0.1) is 16.0 Å². The van der Waals surface area contributed by atoms with Crippen LogP contribution in [-0.2, 0) is 14.2 Å². The molecule has 3 atom stereocenters. The fourth-order valence-corrected chi connectivity index (χ4v) is 2.89. The Morgan fingerprint density at radius 1 is 1.25 bits per heavy atom. The van der Waals surface area contributed by atoms with Crippen molar-refractivity contribution in [3.63, 3.8) is 0 Å². The number of nitro benzene ring substituents is 1. The quantitative estimate of drug-likeness (QED) is 0.276. The van der Waals surface area contributed by atoms with E-state index in [9.17, 15) is 29.2 Å². The molecular weight excluding hydrogens is 343 g/mol. The minimum absolute atomic E-state index is 0.129. The van der Waals surface area contributed by atoms with E-state index in [1.54, 1.807) is 0 Å². The predicted octanol–water partition coefficient (Wildman–Crippen LogP) is 1.68. The van der Waals surface area contributed by atoms with Crippen LogP contribution in [0.4, 0.5) is 11.4 Å². The van der Waals surface area contributed by atoms with Gasteiger partial charge in [0.05, 0.1) is 11.5 Å². The van der Waals surface area contributed by atoms with Gasteiger partial charge >= 0.3 is 20.0 Å². The highest BCUT2D eigenvalue weighted by molar-refractivity contribution is 7.39. The van der Waals surface area contributed by atoms with Gasteiger partial charge in [-0.25, -0.2) is 0 Å². The Morgan fingerprint density at radius 3 is 2.25 bits per heavy atom. The van der Waals surface area contributed by atoms with Crippen LogP contribution < -0.4 is 5.32 Å². The smallest absolute Gasteiger partial charge is 0.481 e. The Morgan fingerprint density at radius 2 is 1.83 bits per heavy atom. The van der Waals surface area contributed by atoms with Crippen LogP contribution in [0.3, 0.4) is 0 Å². The molecule has 0 bridgehead atoms. The second-order valence-electron chi connectivity index (χ2n) is 4.93. The summed E-state index contributed by atoms with van der Waals surface area (Å²) in [7, 11) is -2.87. The predicted molar refractivity (Wildman–Crippen MR) is 83.2 cm³/mol. The number of nitrogens with one attached hydrogen (secondary N) is 1. The number of nitrogens with zero attached hydrogens (tertiary/aromatic N) is 1. The number of non-ortho nitro benzene ring substituents is 1. The Labute approximate surface area is 137 Å². The lowest BCUT2D eigenvalue weighted by atomic mass is 9.99. The van der Waals surface area contributed by atoms with E-state index in [2.05, 4.69) is 5.32 Å². The monoisotopic (exact) mass is 359 g/mol. The van der Waals surface area contributed by atoms with E-state index in [1.807, 2.05) is 0 Å². The van der Waals surface area contributed by atoms with Crippen molar-refractivity contribution in [2.45, 2.75) is 18.5 Å². The van der Waals surface area contributed by atoms with E-state index in [0.717, 1.165) is 0 Å². The van der Waals surface area contributed by atoms with Crippen LogP contribution in [-0.4, -0.2) is 44.2 Å². The number of aliphatic carboxylic acids is 2. The normalized spacial score (nSPS) is 13.6. The fourth-order valence-electron chi connectivity index (χ4n) is 2.06. The molecule has 0 spiro atoms. The maximum absolute atomic E-state index is 11.5. The lowest BCUT2D eigenvalue weighted by molar-refractivity contribution is -0.384. The molecule has 24 heavy (non-hydrogen) atoms. The van der Waals surface area contributed by atoms with Crippen LogP contribution in [0.25, 0.3) is 0 Å². The lowest BCUT2D eigenvalue weighted by Crippen LogP contribution is -2.32. The largest absolute Gasteiger partial charge is 0.511 e. The molecule has 0 fully saturated rings. The molecule has 1 rings (SSSR count). The van der Waals surface area contributed by atoms with Crippen LogP contribution in [0.1, 0.15) is 12.8 Å². The maximum atomic E-state index is 11.5. The van der Waals surface area contributed by atoms with Gasteiger partial charge in [0.15, 0.2) is 0 Å². The molecule has 0 amide bonds. The number of anilines is 1. The molecule has 0 aromatic heterocycles. The molecular formula is C13H16N2O8P+. The molecule has 0 aliphatic carbocycles. The number of hydrogen-bond acceptors (Lipinski definition) is 6. The summed E-state index contributed by atoms with van der Waals surface area (Å²) >= 11 is 0. The van der Waals surface area contributed by atoms with E-state index in [1.165, 1.54) is 24.3 Å². The average Bonchev–Trinajstić information content (AvgIpc) is 2.49. The first-order valence-corrected chi connectivity index (χ1v) is 8.08. The third-order valence-corrected chi connectivity index (χ3v) is 4.44. The Bertz CT molecular complexity index is 633. The summed E-state index contributed by atoms with van der Waals surface area (Å²) in [5, 5.41) is 31.1. The van der Waals surface area contributed by atoms with Gasteiger partial charge in [-0.1, -0.05) is 0 Å². The van der Waals surface area contributed by atoms with Crippen molar-refractivity contribution in [3.05, 3.63) is 34.4 Å². The van der Waals surface area contributed by atoms with E-state index < -0.39 is 42.9 Å². The first kappa shape index (κ1) is 19.5. The first-order valence-electron chi connectivity index (χ1n) is 6.80. The van der Waals surface area contributed by atoms with Gasteiger partial charge in [0, 0.05) is 24.2 Å². The fraction of sp³-hybridized carbons (Fsp3) is 0.385. The minimum atomic E-state index is -2.87. The number of hydrogen-bond donors (Lipinski definition) is 4. The standard InChI is InChI=1S/C13H15N2O8P/c16-12(17)6-5-10(13(18)19)11(24(22)23)7-14-8-1-3-9(4-2-8)15(20)21/h1-4,10-11,14H,5-7H2,(H2-,16,17,18,19,22,23)/p+1. The summed E-state index contributed by atoms with van der Waals surface area (Å²) in [6.07, 6.45) is -0.715. The molecule has 1 aromatic carbocycles. The van der Waals surface area contributed by atoms with Crippen molar-refractivity contribution in [3.8, 4) is 0 Å². The van der Waals surface area contributed by atoms with Gasteiger partial charge in [0.1, 0.15) is 5.92 Å². The molecule has 0 radical (unpaired) electrons. The summed E-state index contributed by atoms with van der Waals surface area (Å²) in [4.78, 5) is 41.2. The second kappa shape index (κ2) is 8.90. The van der Waals surface area contributed by atoms with Crippen molar-refractivity contribution < 1.29 is 34.2 Å². The lowest BCUT2D eigenvalue weighted by Gasteiger charge is -2.15. The van der Waals surface area contributed by atoms with Crippen molar-refractivity contribution >= 4 is 31.3 Å². The number of carboxylic acids is 2. The van der Waals surface area contributed by atoms with Gasteiger partial charge in [0.25, 0.3) is 5.69 Å². The molecule has 11 heteroatoms. The summed E-state index contributed by atoms with van der Waals surface area (Å²) < 4.78 is 11.5. The molecule has 0 heterocycles. The van der Waals surface area contributed by atoms with Crippen LogP contribution in [0.2, 0.25) is 0 Å². The van der Waals surface area contributed by atoms with Gasteiger partial charge in [-0.3, -0.25) is 19.7 Å². The molecule has 0 saturated heterocycles. The highest BCUT2D eigenvalue weighted by Crippen LogP contribution is 2.32. The van der Waals surface area contributed by atoms with Gasteiger partial charge in [-0.05, 0) is 23.1 Å². The topological polar surface area (TPSA) is 167 Å². The van der Waals surface area contributed by atoms with Gasteiger partial charge in [0.2, 0.25) is 5.66 Å². The van der Waals surface area contributed by atoms with E-state index in [4.69, 9.17) is 10.2 Å². The van der Waals surface area contributed by atoms with Crippen LogP contribution in [0.15, 0.2) is 24.3 Å². The maximum Gasteiger partial charge on any atom is 0.511 e. The molecule has 0 saturated carbocycles. The highest BCUT2D eigenvalue weighted by atomic mass is 31.1. The Hall–Kier alpha value is -2.58. The summed E-state index contributed by atoms with van der Waals surface area (Å²) in [6.45, 7) is -0.194. The number of benzene rings is 1. The third-order valence-electron chi connectivity index (χ3n) is 3.33. The summed E-state index contributed by atoms with van der Waals surface area (Å²) in [6, 6.07) is 5.23. The molecule has 130 valence electrons. The van der Waals surface area contributed by atoms with Gasteiger partial charge in [-0.15, -0.1) is 0 Å². The molecule has 3 unspecified atom stereocenters. The van der Waals surface area contributed by atoms with Crippen LogP contribution in [0.5, 0.6) is 0 Å². The summed E-state index contributed by atoms with van der Waals surface area (Å²) in [5.41, 5.74) is -0.924. The first-order chi connectivity index (χ1) is 11.2. The molecule has 0 aliphatic rings. The zero-order valence-corrected chi connectivity index (χ0v) is 13.3. The van der Waals surface area contributed by atoms with Gasteiger partial charge < -0.3 is 15.5 Å². The third kappa shape index (κ3) is 5.90. The van der Waals surface area contributed by atoms with Gasteiger partial charge in [-0.2, -0.15) is 4.89 Å². The Kier molecular flexibility index (Phi) is 7.22.